The number of nitrogens with one attached hydrogen (secondary N) is 3. The highest BCUT2D eigenvalue weighted by atomic mass is 16.2. The van der Waals surface area contributed by atoms with Crippen molar-refractivity contribution in [3.05, 3.63) is 90.0 Å². The maximum atomic E-state index is 12.0. The van der Waals surface area contributed by atoms with Gasteiger partial charge in [-0.1, -0.05) is 54.6 Å². The van der Waals surface area contributed by atoms with Crippen molar-refractivity contribution in [1.29, 1.82) is 5.41 Å². The molecule has 0 spiro atoms. The van der Waals surface area contributed by atoms with Crippen molar-refractivity contribution in [2.45, 2.75) is 13.0 Å². The maximum Gasteiger partial charge on any atom is 0.233 e. The second kappa shape index (κ2) is 9.32. The van der Waals surface area contributed by atoms with E-state index in [1.807, 2.05) is 54.6 Å². The first-order valence-corrected chi connectivity index (χ1v) is 9.16. The van der Waals surface area contributed by atoms with Crippen LogP contribution in [0.25, 0.3) is 11.1 Å². The predicted molar refractivity (Wildman–Crippen MR) is 114 cm³/mol. The van der Waals surface area contributed by atoms with Crippen LogP contribution in [0.1, 0.15) is 17.5 Å². The molecule has 6 nitrogen and oxygen atoms in total. The Hall–Kier alpha value is -3.93. The second-order valence-electron chi connectivity index (χ2n) is 6.56. The number of hydrogen-bond donors (Lipinski definition) is 4. The molecule has 0 heterocycles. The smallest absolute Gasteiger partial charge is 0.233 e. The van der Waals surface area contributed by atoms with Gasteiger partial charge >= 0.3 is 0 Å². The maximum absolute atomic E-state index is 12.0. The van der Waals surface area contributed by atoms with Gasteiger partial charge in [-0.15, -0.1) is 0 Å². The van der Waals surface area contributed by atoms with Crippen molar-refractivity contribution in [3.8, 4) is 11.1 Å². The number of hydrogen-bond acceptors (Lipinski definition) is 3. The highest BCUT2D eigenvalue weighted by Crippen LogP contribution is 2.19. The quantitative estimate of drug-likeness (QED) is 0.284. The minimum absolute atomic E-state index is 0.0425. The van der Waals surface area contributed by atoms with Gasteiger partial charge in [0.05, 0.1) is 0 Å². The van der Waals surface area contributed by atoms with Crippen LogP contribution in [0, 0.1) is 5.41 Å². The lowest BCUT2D eigenvalue weighted by Gasteiger charge is -2.08. The van der Waals surface area contributed by atoms with Crippen molar-refractivity contribution < 1.29 is 9.59 Å². The molecular weight excluding hydrogens is 364 g/mol. The van der Waals surface area contributed by atoms with Crippen LogP contribution in [0.15, 0.2) is 78.9 Å². The number of rotatable bonds is 7. The van der Waals surface area contributed by atoms with Crippen LogP contribution in [0.4, 0.5) is 5.69 Å². The summed E-state index contributed by atoms with van der Waals surface area (Å²) in [6, 6.07) is 24.5. The van der Waals surface area contributed by atoms with E-state index in [9.17, 15) is 9.59 Å². The van der Waals surface area contributed by atoms with Crippen molar-refractivity contribution in [1.82, 2.24) is 5.32 Å². The highest BCUT2D eigenvalue weighted by Gasteiger charge is 2.10. The van der Waals surface area contributed by atoms with Crippen LogP contribution in [0.3, 0.4) is 0 Å². The molecule has 0 aliphatic heterocycles. The molecule has 0 saturated carbocycles. The normalized spacial score (nSPS) is 10.2. The first-order chi connectivity index (χ1) is 14.0. The van der Waals surface area contributed by atoms with Crippen LogP contribution in [-0.2, 0) is 16.1 Å². The highest BCUT2D eigenvalue weighted by molar-refractivity contribution is 6.03. The Kier molecular flexibility index (Phi) is 6.37. The number of amides is 2. The van der Waals surface area contributed by atoms with E-state index in [4.69, 9.17) is 11.1 Å². The van der Waals surface area contributed by atoms with Crippen molar-refractivity contribution in [2.24, 2.45) is 5.73 Å². The minimum atomic E-state index is -0.405. The van der Waals surface area contributed by atoms with Gasteiger partial charge in [0.1, 0.15) is 12.3 Å². The van der Waals surface area contributed by atoms with Gasteiger partial charge < -0.3 is 16.4 Å². The largest absolute Gasteiger partial charge is 0.384 e. The zero-order valence-corrected chi connectivity index (χ0v) is 15.8. The zero-order valence-electron chi connectivity index (χ0n) is 15.8. The molecule has 0 fully saturated rings. The Morgan fingerprint density at radius 1 is 0.793 bits per heavy atom. The van der Waals surface area contributed by atoms with Gasteiger partial charge in [-0.2, -0.15) is 0 Å². The lowest BCUT2D eigenvalue weighted by molar-refractivity contribution is -0.126. The van der Waals surface area contributed by atoms with E-state index < -0.39 is 5.91 Å². The van der Waals surface area contributed by atoms with Gasteiger partial charge in [0.2, 0.25) is 11.8 Å². The lowest BCUT2D eigenvalue weighted by atomic mass is 10.0. The Morgan fingerprint density at radius 2 is 1.41 bits per heavy atom. The fourth-order valence-corrected chi connectivity index (χ4v) is 2.79. The van der Waals surface area contributed by atoms with E-state index in [1.165, 1.54) is 0 Å². The average Bonchev–Trinajstić information content (AvgIpc) is 2.73. The number of amidine groups is 1. The number of carbonyl (C=O) groups excluding carboxylic acids is 2. The number of carbonyl (C=O) groups is 2. The number of nitrogens with two attached hydrogens (primary N) is 1. The third-order valence-electron chi connectivity index (χ3n) is 4.35. The van der Waals surface area contributed by atoms with Crippen molar-refractivity contribution in [2.75, 3.05) is 5.32 Å². The van der Waals surface area contributed by atoms with Gasteiger partial charge in [-0.05, 0) is 41.0 Å². The fourth-order valence-electron chi connectivity index (χ4n) is 2.79. The summed E-state index contributed by atoms with van der Waals surface area (Å²) in [5.74, 6) is -0.799. The summed E-state index contributed by atoms with van der Waals surface area (Å²) in [5.41, 5.74) is 9.71. The number of anilines is 1. The van der Waals surface area contributed by atoms with Crippen LogP contribution >= 0.6 is 0 Å². The van der Waals surface area contributed by atoms with E-state index in [1.54, 1.807) is 24.3 Å². The van der Waals surface area contributed by atoms with Crippen molar-refractivity contribution >= 4 is 23.3 Å². The minimum Gasteiger partial charge on any atom is -0.384 e. The van der Waals surface area contributed by atoms with E-state index in [2.05, 4.69) is 10.6 Å². The SMILES string of the molecule is N=C(N)c1ccc(NC(=O)CC(=O)NCc2ccc(-c3ccccc3)cc2)cc1. The Morgan fingerprint density at radius 3 is 2.03 bits per heavy atom. The molecule has 3 aromatic carbocycles. The molecule has 0 saturated heterocycles. The molecule has 146 valence electrons. The second-order valence-corrected chi connectivity index (χ2v) is 6.56. The van der Waals surface area contributed by atoms with E-state index in [-0.39, 0.29) is 18.2 Å². The molecule has 0 aliphatic carbocycles. The third-order valence-corrected chi connectivity index (χ3v) is 4.35. The molecule has 29 heavy (non-hydrogen) atoms. The van der Waals surface area contributed by atoms with E-state index in [0.717, 1.165) is 16.7 Å². The molecule has 3 aromatic rings. The molecule has 3 rings (SSSR count). The molecule has 5 N–H and O–H groups in total. The van der Waals surface area contributed by atoms with Crippen LogP contribution < -0.4 is 16.4 Å². The number of nitrogen functional groups attached to an aromatic ring is 1. The molecule has 0 atom stereocenters. The molecule has 2 amide bonds. The monoisotopic (exact) mass is 386 g/mol. The molecule has 0 bridgehead atoms. The Balaban J connectivity index is 1.46. The summed E-state index contributed by atoms with van der Waals surface area (Å²) in [4.78, 5) is 24.0. The third kappa shape index (κ3) is 5.77. The summed E-state index contributed by atoms with van der Waals surface area (Å²) < 4.78 is 0. The van der Waals surface area contributed by atoms with E-state index in [0.29, 0.717) is 17.8 Å². The van der Waals surface area contributed by atoms with Gasteiger partial charge in [-0.25, -0.2) is 0 Å². The van der Waals surface area contributed by atoms with Crippen LogP contribution in [-0.4, -0.2) is 17.6 Å². The number of benzene rings is 3. The molecule has 6 heteroatoms. The summed E-state index contributed by atoms with van der Waals surface area (Å²) in [6.07, 6.45) is -0.267. The van der Waals surface area contributed by atoms with Gasteiger partial charge in [0, 0.05) is 17.8 Å². The van der Waals surface area contributed by atoms with Crippen LogP contribution in [0.5, 0.6) is 0 Å². The first-order valence-electron chi connectivity index (χ1n) is 9.16. The predicted octanol–water partition coefficient (Wildman–Crippen LogP) is 3.28. The topological polar surface area (TPSA) is 108 Å². The lowest BCUT2D eigenvalue weighted by Crippen LogP contribution is -2.27. The standard InChI is InChI=1S/C23H22N4O2/c24-23(25)19-10-12-20(13-11-19)27-22(29)14-21(28)26-15-16-6-8-18(9-7-16)17-4-2-1-3-5-17/h1-13H,14-15H2,(H3,24,25)(H,26,28)(H,27,29). The first kappa shape index (κ1) is 19.8. The average molecular weight is 386 g/mol. The summed E-state index contributed by atoms with van der Waals surface area (Å²) in [5, 5.41) is 12.8. The Labute approximate surface area is 169 Å². The summed E-state index contributed by atoms with van der Waals surface area (Å²) >= 11 is 0. The zero-order chi connectivity index (χ0) is 20.6. The van der Waals surface area contributed by atoms with Gasteiger partial charge in [-0.3, -0.25) is 15.0 Å². The van der Waals surface area contributed by atoms with E-state index >= 15 is 0 Å². The summed E-state index contributed by atoms with van der Waals surface area (Å²) in [7, 11) is 0. The van der Waals surface area contributed by atoms with Gasteiger partial charge in [0.25, 0.3) is 0 Å². The summed E-state index contributed by atoms with van der Waals surface area (Å²) in [6.45, 7) is 0.356. The van der Waals surface area contributed by atoms with Gasteiger partial charge in [0.15, 0.2) is 0 Å². The Bertz CT molecular complexity index is 997. The molecule has 0 aromatic heterocycles. The molecule has 0 aliphatic rings. The molecular formula is C23H22N4O2. The molecule has 0 unspecified atom stereocenters. The van der Waals surface area contributed by atoms with Crippen LogP contribution in [0.2, 0.25) is 0 Å². The molecule has 0 radical (unpaired) electrons. The van der Waals surface area contributed by atoms with Crippen molar-refractivity contribution in [3.63, 3.8) is 0 Å². The fraction of sp³-hybridized carbons (Fsp3) is 0.0870.